The van der Waals surface area contributed by atoms with Gasteiger partial charge in [0.1, 0.15) is 11.9 Å². The van der Waals surface area contributed by atoms with Crippen molar-refractivity contribution < 1.29 is 13.9 Å². The number of ether oxygens (including phenoxy) is 1. The Morgan fingerprint density at radius 1 is 1.53 bits per heavy atom. The molecule has 0 unspecified atom stereocenters. The van der Waals surface area contributed by atoms with Crippen LogP contribution in [0.4, 0.5) is 4.39 Å². The standard InChI is InChI=1S/C12H13FN2O2/c1-2-17-11(16)5-8-3-4-9(6-14)12(13)10(8)7-15/h3-4H,2,5-6,14H2,1H3. The van der Waals surface area contributed by atoms with Crippen LogP contribution in [-0.4, -0.2) is 12.6 Å². The summed E-state index contributed by atoms with van der Waals surface area (Å²) in [4.78, 5) is 11.3. The van der Waals surface area contributed by atoms with Crippen LogP contribution in [0.3, 0.4) is 0 Å². The van der Waals surface area contributed by atoms with Gasteiger partial charge in [-0.3, -0.25) is 4.79 Å². The van der Waals surface area contributed by atoms with Gasteiger partial charge in [0.05, 0.1) is 18.6 Å². The van der Waals surface area contributed by atoms with Gasteiger partial charge >= 0.3 is 5.97 Å². The Morgan fingerprint density at radius 2 is 2.18 bits per heavy atom. The largest absolute Gasteiger partial charge is 0.466 e. The van der Waals surface area contributed by atoms with Gasteiger partial charge in [-0.1, -0.05) is 12.1 Å². The average molecular weight is 236 g/mol. The lowest BCUT2D eigenvalue weighted by Gasteiger charge is -2.07. The molecule has 0 atom stereocenters. The molecule has 0 radical (unpaired) electrons. The van der Waals surface area contributed by atoms with Gasteiger partial charge in [0, 0.05) is 12.1 Å². The molecule has 17 heavy (non-hydrogen) atoms. The third-order valence-electron chi connectivity index (χ3n) is 2.28. The predicted molar refractivity (Wildman–Crippen MR) is 59.3 cm³/mol. The van der Waals surface area contributed by atoms with Gasteiger partial charge < -0.3 is 10.5 Å². The highest BCUT2D eigenvalue weighted by Gasteiger charge is 2.15. The Hall–Kier alpha value is -1.93. The first-order valence-electron chi connectivity index (χ1n) is 5.20. The highest BCUT2D eigenvalue weighted by Crippen LogP contribution is 2.17. The topological polar surface area (TPSA) is 76.1 Å². The van der Waals surface area contributed by atoms with Crippen LogP contribution in [-0.2, 0) is 22.5 Å². The monoisotopic (exact) mass is 236 g/mol. The maximum Gasteiger partial charge on any atom is 0.310 e. The van der Waals surface area contributed by atoms with E-state index >= 15 is 0 Å². The quantitative estimate of drug-likeness (QED) is 0.798. The van der Waals surface area contributed by atoms with Crippen LogP contribution in [0.5, 0.6) is 0 Å². The van der Waals surface area contributed by atoms with E-state index in [0.29, 0.717) is 5.56 Å². The normalized spacial score (nSPS) is 9.76. The molecular weight excluding hydrogens is 223 g/mol. The fourth-order valence-electron chi connectivity index (χ4n) is 1.45. The second kappa shape index (κ2) is 5.97. The molecule has 0 fully saturated rings. The van der Waals surface area contributed by atoms with Crippen molar-refractivity contribution >= 4 is 5.97 Å². The number of carbonyl (C=O) groups is 1. The van der Waals surface area contributed by atoms with E-state index in [0.717, 1.165) is 0 Å². The number of esters is 1. The minimum Gasteiger partial charge on any atom is -0.466 e. The lowest BCUT2D eigenvalue weighted by molar-refractivity contribution is -0.142. The second-order valence-corrected chi connectivity index (χ2v) is 3.37. The van der Waals surface area contributed by atoms with Crippen LogP contribution in [0.25, 0.3) is 0 Å². The molecule has 1 aromatic carbocycles. The molecule has 0 bridgehead atoms. The van der Waals surface area contributed by atoms with Gasteiger partial charge in [0.2, 0.25) is 0 Å². The van der Waals surface area contributed by atoms with Crippen molar-refractivity contribution in [1.82, 2.24) is 0 Å². The summed E-state index contributed by atoms with van der Waals surface area (Å²) in [6.45, 7) is 1.95. The minimum absolute atomic E-state index is 0.0141. The molecule has 0 saturated heterocycles. The Bertz CT molecular complexity index is 466. The van der Waals surface area contributed by atoms with Gasteiger partial charge in [0.25, 0.3) is 0 Å². The second-order valence-electron chi connectivity index (χ2n) is 3.37. The molecule has 0 heterocycles. The number of rotatable bonds is 4. The third-order valence-corrected chi connectivity index (χ3v) is 2.28. The third kappa shape index (κ3) is 3.02. The van der Waals surface area contributed by atoms with E-state index in [1.807, 2.05) is 0 Å². The fourth-order valence-corrected chi connectivity index (χ4v) is 1.45. The molecule has 0 saturated carbocycles. The lowest BCUT2D eigenvalue weighted by Crippen LogP contribution is -2.11. The van der Waals surface area contributed by atoms with E-state index in [2.05, 4.69) is 0 Å². The van der Waals surface area contributed by atoms with Crippen molar-refractivity contribution in [2.45, 2.75) is 19.9 Å². The van der Waals surface area contributed by atoms with E-state index in [4.69, 9.17) is 15.7 Å². The Balaban J connectivity index is 3.06. The van der Waals surface area contributed by atoms with Crippen molar-refractivity contribution in [2.24, 2.45) is 5.73 Å². The molecule has 0 spiro atoms. The van der Waals surface area contributed by atoms with Crippen LogP contribution in [0.15, 0.2) is 12.1 Å². The number of hydrogen-bond donors (Lipinski definition) is 1. The summed E-state index contributed by atoms with van der Waals surface area (Å²) in [5.74, 6) is -1.14. The summed E-state index contributed by atoms with van der Waals surface area (Å²) in [6.07, 6.45) is -0.113. The molecule has 0 aliphatic heterocycles. The highest BCUT2D eigenvalue weighted by molar-refractivity contribution is 5.73. The van der Waals surface area contributed by atoms with Crippen LogP contribution in [0, 0.1) is 17.1 Å². The number of hydrogen-bond acceptors (Lipinski definition) is 4. The first kappa shape index (κ1) is 13.1. The van der Waals surface area contributed by atoms with E-state index in [-0.39, 0.29) is 30.7 Å². The van der Waals surface area contributed by atoms with E-state index in [1.165, 1.54) is 12.1 Å². The molecule has 0 amide bonds. The summed E-state index contributed by atoms with van der Waals surface area (Å²) in [6, 6.07) is 4.75. The first-order valence-corrected chi connectivity index (χ1v) is 5.20. The molecule has 5 heteroatoms. The Morgan fingerprint density at radius 3 is 2.71 bits per heavy atom. The number of benzene rings is 1. The summed E-state index contributed by atoms with van der Waals surface area (Å²) < 4.78 is 18.5. The molecule has 1 aromatic rings. The molecule has 0 aliphatic rings. The molecule has 90 valence electrons. The number of nitriles is 1. The van der Waals surface area contributed by atoms with Gasteiger partial charge in [-0.05, 0) is 12.5 Å². The van der Waals surface area contributed by atoms with E-state index in [9.17, 15) is 9.18 Å². The summed E-state index contributed by atoms with van der Waals surface area (Å²) in [7, 11) is 0. The highest BCUT2D eigenvalue weighted by atomic mass is 19.1. The van der Waals surface area contributed by atoms with Crippen molar-refractivity contribution in [3.8, 4) is 6.07 Å². The zero-order valence-corrected chi connectivity index (χ0v) is 9.50. The molecule has 4 nitrogen and oxygen atoms in total. The Labute approximate surface area is 98.8 Å². The van der Waals surface area contributed by atoms with E-state index < -0.39 is 11.8 Å². The SMILES string of the molecule is CCOC(=O)Cc1ccc(CN)c(F)c1C#N. The number of nitrogens with two attached hydrogens (primary N) is 1. The van der Waals surface area contributed by atoms with Crippen molar-refractivity contribution in [1.29, 1.82) is 5.26 Å². The molecule has 0 aliphatic carbocycles. The van der Waals surface area contributed by atoms with Crippen LogP contribution >= 0.6 is 0 Å². The number of halogens is 1. The van der Waals surface area contributed by atoms with Crippen molar-refractivity contribution in [2.75, 3.05) is 6.61 Å². The van der Waals surface area contributed by atoms with Gasteiger partial charge in [-0.2, -0.15) is 5.26 Å². The minimum atomic E-state index is -0.656. The predicted octanol–water partition coefficient (Wildman–Crippen LogP) is 1.26. The first-order chi connectivity index (χ1) is 8.13. The van der Waals surface area contributed by atoms with Crippen molar-refractivity contribution in [3.05, 3.63) is 34.6 Å². The molecule has 1 rings (SSSR count). The molecule has 2 N–H and O–H groups in total. The number of carbonyl (C=O) groups excluding carboxylic acids is 1. The smallest absolute Gasteiger partial charge is 0.310 e. The summed E-state index contributed by atoms with van der Waals surface area (Å²) in [5, 5.41) is 8.88. The average Bonchev–Trinajstić information content (AvgIpc) is 2.30. The Kier molecular flexibility index (Phi) is 4.61. The van der Waals surface area contributed by atoms with Crippen LogP contribution in [0.1, 0.15) is 23.6 Å². The number of nitrogens with zero attached hydrogens (tertiary/aromatic N) is 1. The fraction of sp³-hybridized carbons (Fsp3) is 0.333. The summed E-state index contributed by atoms with van der Waals surface area (Å²) in [5.41, 5.74) is 5.77. The summed E-state index contributed by atoms with van der Waals surface area (Å²) >= 11 is 0. The van der Waals surface area contributed by atoms with Crippen LogP contribution in [0.2, 0.25) is 0 Å². The van der Waals surface area contributed by atoms with Crippen molar-refractivity contribution in [3.63, 3.8) is 0 Å². The van der Waals surface area contributed by atoms with Gasteiger partial charge in [-0.25, -0.2) is 4.39 Å². The lowest BCUT2D eigenvalue weighted by atomic mass is 10.0. The zero-order chi connectivity index (χ0) is 12.8. The zero-order valence-electron chi connectivity index (χ0n) is 9.50. The van der Waals surface area contributed by atoms with Crippen LogP contribution < -0.4 is 5.73 Å². The molecule has 0 aromatic heterocycles. The van der Waals surface area contributed by atoms with Gasteiger partial charge in [-0.15, -0.1) is 0 Å². The maximum absolute atomic E-state index is 13.7. The maximum atomic E-state index is 13.7. The van der Waals surface area contributed by atoms with E-state index in [1.54, 1.807) is 13.0 Å². The van der Waals surface area contributed by atoms with Gasteiger partial charge in [0.15, 0.2) is 0 Å². The molecular formula is C12H13FN2O2.